The summed E-state index contributed by atoms with van der Waals surface area (Å²) in [5.41, 5.74) is 0.932. The van der Waals surface area contributed by atoms with Crippen molar-refractivity contribution in [2.24, 2.45) is 23.7 Å². The van der Waals surface area contributed by atoms with Gasteiger partial charge in [-0.25, -0.2) is 0 Å². The molecule has 3 N–H and O–H groups in total. The summed E-state index contributed by atoms with van der Waals surface area (Å²) in [5.74, 6) is -1.98. The van der Waals surface area contributed by atoms with E-state index in [9.17, 15) is 24.0 Å². The van der Waals surface area contributed by atoms with Crippen LogP contribution in [0.15, 0.2) is 30.3 Å². The summed E-state index contributed by atoms with van der Waals surface area (Å²) in [6.07, 6.45) is 3.00. The molecule has 5 amide bonds. The van der Waals surface area contributed by atoms with Gasteiger partial charge in [-0.1, -0.05) is 98.6 Å². The van der Waals surface area contributed by atoms with E-state index in [1.54, 1.807) is 38.0 Å². The molecule has 0 spiro atoms. The monoisotopic (exact) mass is 801 g/mol. The van der Waals surface area contributed by atoms with Gasteiger partial charge in [-0.05, 0) is 56.7 Å². The molecule has 1 aliphatic rings. The number of carbonyl (C=O) groups is 5. The number of unbranched alkanes of at least 4 members (excludes halogenated alkanes) is 1. The van der Waals surface area contributed by atoms with Crippen LogP contribution >= 0.6 is 0 Å². The Kier molecular flexibility index (Phi) is 21.2. The van der Waals surface area contributed by atoms with Gasteiger partial charge in [-0.15, -0.1) is 0 Å². The molecule has 0 radical (unpaired) electrons. The fourth-order valence-electron chi connectivity index (χ4n) is 8.29. The summed E-state index contributed by atoms with van der Waals surface area (Å²) in [5, 5.41) is 9.01. The van der Waals surface area contributed by atoms with Crippen molar-refractivity contribution in [3.05, 3.63) is 35.9 Å². The molecule has 2 unspecified atom stereocenters. The third kappa shape index (κ3) is 14.1. The lowest BCUT2D eigenvalue weighted by Crippen LogP contribution is -2.59. The maximum Gasteiger partial charge on any atom is 0.245 e. The first kappa shape index (κ1) is 49.6. The number of methoxy groups -OCH3 is 2. The first-order valence-corrected chi connectivity index (χ1v) is 21.2. The van der Waals surface area contributed by atoms with Crippen molar-refractivity contribution in [3.63, 3.8) is 0 Å². The minimum absolute atomic E-state index is 0.0163. The van der Waals surface area contributed by atoms with Crippen LogP contribution in [0.5, 0.6) is 0 Å². The van der Waals surface area contributed by atoms with E-state index in [1.165, 1.54) is 0 Å². The van der Waals surface area contributed by atoms with Gasteiger partial charge in [0.2, 0.25) is 29.5 Å². The second-order valence-electron chi connectivity index (χ2n) is 16.9. The van der Waals surface area contributed by atoms with Crippen LogP contribution in [0, 0.1) is 23.7 Å². The van der Waals surface area contributed by atoms with Crippen molar-refractivity contribution in [3.8, 4) is 0 Å². The summed E-state index contributed by atoms with van der Waals surface area (Å²) >= 11 is 0. The van der Waals surface area contributed by atoms with Crippen LogP contribution < -0.4 is 16.0 Å². The van der Waals surface area contributed by atoms with Gasteiger partial charge >= 0.3 is 0 Å². The predicted molar refractivity (Wildman–Crippen MR) is 225 cm³/mol. The normalized spacial score (nSPS) is 18.7. The van der Waals surface area contributed by atoms with E-state index in [1.807, 2.05) is 90.9 Å². The Morgan fingerprint density at radius 1 is 0.860 bits per heavy atom. The molecule has 1 fully saturated rings. The van der Waals surface area contributed by atoms with Crippen LogP contribution in [0.25, 0.3) is 0 Å². The molecule has 324 valence electrons. The topological polar surface area (TPSA) is 150 Å². The Hall–Kier alpha value is -3.55. The van der Waals surface area contributed by atoms with E-state index in [-0.39, 0.29) is 59.8 Å². The number of carbonyl (C=O) groups excluding carboxylic acids is 5. The number of likely N-dealkylation sites (N-methyl/N-ethyl adjacent to an activating group) is 2. The molecule has 13 heteroatoms. The first-order valence-electron chi connectivity index (χ1n) is 21.2. The highest BCUT2D eigenvalue weighted by atomic mass is 16.5. The zero-order valence-electron chi connectivity index (χ0n) is 37.3. The van der Waals surface area contributed by atoms with E-state index in [0.29, 0.717) is 25.9 Å². The molecule has 1 aromatic carbocycles. The molecule has 57 heavy (non-hydrogen) atoms. The lowest BCUT2D eigenvalue weighted by Gasteiger charge is -2.41. The lowest BCUT2D eigenvalue weighted by atomic mass is 9.89. The maximum absolute atomic E-state index is 14.3. The summed E-state index contributed by atoms with van der Waals surface area (Å²) in [6, 6.07) is 6.82. The average Bonchev–Trinajstić information content (AvgIpc) is 3.65. The highest BCUT2D eigenvalue weighted by Crippen LogP contribution is 2.30. The molecular weight excluding hydrogens is 725 g/mol. The van der Waals surface area contributed by atoms with Gasteiger partial charge in [0.25, 0.3) is 0 Å². The van der Waals surface area contributed by atoms with Crippen LogP contribution in [-0.2, 0) is 39.9 Å². The van der Waals surface area contributed by atoms with Crippen molar-refractivity contribution in [2.45, 2.75) is 143 Å². The molecule has 0 aliphatic carbocycles. The van der Waals surface area contributed by atoms with Crippen molar-refractivity contribution >= 4 is 29.5 Å². The number of rotatable bonds is 24. The minimum atomic E-state index is -0.772. The molecule has 1 saturated heterocycles. The Morgan fingerprint density at radius 2 is 1.51 bits per heavy atom. The Labute approximate surface area is 343 Å². The zero-order valence-corrected chi connectivity index (χ0v) is 37.3. The van der Waals surface area contributed by atoms with Gasteiger partial charge in [-0.3, -0.25) is 28.9 Å². The third-order valence-corrected chi connectivity index (χ3v) is 11.7. The summed E-state index contributed by atoms with van der Waals surface area (Å²) in [7, 11) is 8.56. The largest absolute Gasteiger partial charge is 0.379 e. The molecular formula is C44H76N6O7. The molecule has 0 aromatic heterocycles. The van der Waals surface area contributed by atoms with Crippen LogP contribution in [0.3, 0.4) is 0 Å². The zero-order chi connectivity index (χ0) is 43.0. The summed E-state index contributed by atoms with van der Waals surface area (Å²) in [6.45, 7) is 16.7. The fraction of sp³-hybridized carbons (Fsp3) is 0.750. The first-order chi connectivity index (χ1) is 26.9. The number of likely N-dealkylation sites (tertiary alicyclic amines) is 1. The van der Waals surface area contributed by atoms with Crippen molar-refractivity contribution < 1.29 is 33.4 Å². The van der Waals surface area contributed by atoms with Crippen molar-refractivity contribution in [2.75, 3.05) is 48.5 Å². The van der Waals surface area contributed by atoms with Gasteiger partial charge in [0.05, 0.1) is 42.7 Å². The van der Waals surface area contributed by atoms with Crippen LogP contribution in [0.1, 0.15) is 99.5 Å². The number of benzene rings is 1. The number of hydrogen-bond donors (Lipinski definition) is 3. The van der Waals surface area contributed by atoms with Crippen LogP contribution in [0.2, 0.25) is 0 Å². The minimum Gasteiger partial charge on any atom is -0.379 e. The van der Waals surface area contributed by atoms with Gasteiger partial charge in [-0.2, -0.15) is 0 Å². The van der Waals surface area contributed by atoms with Crippen LogP contribution in [-0.4, -0.2) is 135 Å². The van der Waals surface area contributed by atoms with E-state index >= 15 is 0 Å². The highest BCUT2D eigenvalue weighted by molar-refractivity contribution is 5.90. The molecule has 0 saturated carbocycles. The van der Waals surface area contributed by atoms with E-state index in [2.05, 4.69) is 22.9 Å². The highest BCUT2D eigenvalue weighted by Gasteiger charge is 2.43. The number of ether oxygens (including phenoxy) is 2. The molecule has 0 bridgehead atoms. The number of hydrogen-bond acceptors (Lipinski definition) is 8. The molecule has 13 nitrogen and oxygen atoms in total. The number of nitrogens with zero attached hydrogens (tertiary/aromatic N) is 3. The van der Waals surface area contributed by atoms with Crippen molar-refractivity contribution in [1.29, 1.82) is 0 Å². The quantitative estimate of drug-likeness (QED) is 0.131. The predicted octanol–water partition coefficient (Wildman–Crippen LogP) is 4.28. The van der Waals surface area contributed by atoms with Gasteiger partial charge < -0.3 is 35.2 Å². The van der Waals surface area contributed by atoms with Gasteiger partial charge in [0.15, 0.2) is 0 Å². The molecule has 9 atom stereocenters. The second kappa shape index (κ2) is 24.4. The molecule has 2 rings (SSSR count). The van der Waals surface area contributed by atoms with Crippen molar-refractivity contribution in [1.82, 2.24) is 30.7 Å². The second-order valence-corrected chi connectivity index (χ2v) is 16.9. The Balaban J connectivity index is 2.29. The number of amides is 5. The molecule has 1 heterocycles. The Morgan fingerprint density at radius 3 is 2.04 bits per heavy atom. The van der Waals surface area contributed by atoms with E-state index in [0.717, 1.165) is 31.2 Å². The van der Waals surface area contributed by atoms with Gasteiger partial charge in [0, 0.05) is 40.8 Å². The van der Waals surface area contributed by atoms with E-state index < -0.39 is 42.3 Å². The maximum atomic E-state index is 14.3. The average molecular weight is 801 g/mol. The van der Waals surface area contributed by atoms with E-state index in [4.69, 9.17) is 9.47 Å². The lowest BCUT2D eigenvalue weighted by molar-refractivity contribution is -0.148. The third-order valence-electron chi connectivity index (χ3n) is 11.7. The molecule has 1 aromatic rings. The standard InChI is InChI=1S/C44H76N6O7/c1-14-16-24-45-42(53)33(26-32-21-18-17-19-22-32)46-41(52)31(8)40(57-13)34-23-20-25-50(34)36(51)27-35(56-12)39(30(7)15-2)49(11)44(55)37(28(3)4)47-43(54)38(29(5)6)48(9)10/h17-19,21-22,28-31,33-35,37-40H,14-16,20,23-27H2,1-13H3,(H,45,53)(H,46,52)(H,47,54)/t30-,31+,33-,34-,35?,37-,38-,39?,40+/m0/s1. The molecule has 1 aliphatic heterocycles. The van der Waals surface area contributed by atoms with Crippen LogP contribution in [0.4, 0.5) is 0 Å². The smallest absolute Gasteiger partial charge is 0.245 e. The SMILES string of the molecule is CCCCNC(=O)[C@H](Cc1ccccc1)NC(=O)[C@H](C)[C@@H](OC)[C@@H]1CCCN1C(=O)CC(OC)C([C@@H](C)CC)N(C)C(=O)[C@@H](NC(=O)[C@H](C(C)C)N(C)C)C(C)C. The Bertz CT molecular complexity index is 1400. The van der Waals surface area contributed by atoms with Gasteiger partial charge in [0.1, 0.15) is 12.1 Å². The summed E-state index contributed by atoms with van der Waals surface area (Å²) < 4.78 is 12.0. The number of nitrogens with one attached hydrogen (secondary N) is 3. The fourth-order valence-corrected chi connectivity index (χ4v) is 8.29. The summed E-state index contributed by atoms with van der Waals surface area (Å²) in [4.78, 5) is 74.5.